The van der Waals surface area contributed by atoms with Crippen LogP contribution in [0, 0.1) is 5.92 Å². The van der Waals surface area contributed by atoms with Gasteiger partial charge in [0.15, 0.2) is 4.80 Å². The zero-order valence-corrected chi connectivity index (χ0v) is 23.2. The van der Waals surface area contributed by atoms with Crippen molar-refractivity contribution in [3.05, 3.63) is 96.2 Å². The summed E-state index contributed by atoms with van der Waals surface area (Å²) in [4.78, 5) is 46.2. The minimum Gasteiger partial charge on any atom is -0.465 e. The van der Waals surface area contributed by atoms with Crippen LogP contribution in [0.25, 0.3) is 6.08 Å². The van der Waals surface area contributed by atoms with Gasteiger partial charge in [0, 0.05) is 19.8 Å². The van der Waals surface area contributed by atoms with Gasteiger partial charge in [-0.25, -0.2) is 14.6 Å². The van der Waals surface area contributed by atoms with Gasteiger partial charge in [-0.3, -0.25) is 9.36 Å². The Bertz CT molecular complexity index is 1560. The fourth-order valence-electron chi connectivity index (χ4n) is 4.16. The Morgan fingerprint density at radius 3 is 2.32 bits per heavy atom. The molecule has 1 aromatic heterocycles. The lowest BCUT2D eigenvalue weighted by atomic mass is 9.95. The molecule has 8 nitrogen and oxygen atoms in total. The molecule has 38 heavy (non-hydrogen) atoms. The van der Waals surface area contributed by atoms with Gasteiger partial charge in [-0.15, -0.1) is 0 Å². The number of nitrogens with zero attached hydrogens (tertiary/aromatic N) is 3. The number of rotatable bonds is 7. The van der Waals surface area contributed by atoms with E-state index in [4.69, 9.17) is 9.47 Å². The molecule has 1 aliphatic rings. The Labute approximate surface area is 225 Å². The van der Waals surface area contributed by atoms with Crippen LogP contribution in [0.15, 0.2) is 69.6 Å². The Kier molecular flexibility index (Phi) is 7.97. The molecule has 3 aromatic rings. The molecule has 0 aliphatic carbocycles. The lowest BCUT2D eigenvalue weighted by Crippen LogP contribution is -2.40. The Balaban J connectivity index is 1.86. The summed E-state index contributed by atoms with van der Waals surface area (Å²) in [6.07, 6.45) is 1.83. The zero-order valence-electron chi connectivity index (χ0n) is 22.3. The SMILES string of the molecule is COC(=O)c1ccc(C2C(C(=O)OCC(C)C)=C(C)N=c3sc(=Cc4ccc(N(C)C)cc4)c(=O)n32)cc1. The van der Waals surface area contributed by atoms with Gasteiger partial charge >= 0.3 is 11.9 Å². The number of carbonyl (C=O) groups is 2. The second-order valence-electron chi connectivity index (χ2n) is 9.67. The summed E-state index contributed by atoms with van der Waals surface area (Å²) >= 11 is 1.27. The maximum absolute atomic E-state index is 13.8. The molecule has 0 fully saturated rings. The number of anilines is 1. The highest BCUT2D eigenvalue weighted by Gasteiger charge is 2.33. The molecular weight excluding hydrogens is 502 g/mol. The predicted molar refractivity (Wildman–Crippen MR) is 148 cm³/mol. The van der Waals surface area contributed by atoms with E-state index in [1.54, 1.807) is 31.2 Å². The van der Waals surface area contributed by atoms with Crippen LogP contribution in [-0.4, -0.2) is 44.3 Å². The Hall–Kier alpha value is -3.98. The van der Waals surface area contributed by atoms with E-state index in [1.807, 2.05) is 63.2 Å². The molecule has 0 amide bonds. The van der Waals surface area contributed by atoms with Gasteiger partial charge in [0.25, 0.3) is 5.56 Å². The van der Waals surface area contributed by atoms with Gasteiger partial charge in [-0.1, -0.05) is 49.4 Å². The number of ether oxygens (including phenoxy) is 2. The maximum atomic E-state index is 13.8. The average Bonchev–Trinajstić information content (AvgIpc) is 3.20. The van der Waals surface area contributed by atoms with Crippen molar-refractivity contribution in [2.75, 3.05) is 32.7 Å². The van der Waals surface area contributed by atoms with E-state index in [0.717, 1.165) is 11.3 Å². The number of esters is 2. The number of carbonyl (C=O) groups excluding carboxylic acids is 2. The van der Waals surface area contributed by atoms with E-state index in [2.05, 4.69) is 4.99 Å². The highest BCUT2D eigenvalue weighted by Crippen LogP contribution is 2.31. The second kappa shape index (κ2) is 11.2. The minimum absolute atomic E-state index is 0.151. The van der Waals surface area contributed by atoms with Crippen LogP contribution in [-0.2, 0) is 14.3 Å². The van der Waals surface area contributed by atoms with Crippen LogP contribution in [0.5, 0.6) is 0 Å². The van der Waals surface area contributed by atoms with Gasteiger partial charge < -0.3 is 14.4 Å². The highest BCUT2D eigenvalue weighted by atomic mass is 32.1. The van der Waals surface area contributed by atoms with E-state index < -0.39 is 18.0 Å². The summed E-state index contributed by atoms with van der Waals surface area (Å²) in [5.41, 5.74) is 3.50. The van der Waals surface area contributed by atoms with Crippen LogP contribution in [0.4, 0.5) is 5.69 Å². The number of thiazole rings is 1. The summed E-state index contributed by atoms with van der Waals surface area (Å²) in [7, 11) is 5.25. The molecule has 2 aromatic carbocycles. The van der Waals surface area contributed by atoms with E-state index in [1.165, 1.54) is 23.0 Å². The van der Waals surface area contributed by atoms with Crippen molar-refractivity contribution in [1.29, 1.82) is 0 Å². The first-order chi connectivity index (χ1) is 18.1. The van der Waals surface area contributed by atoms with Gasteiger partial charge in [0.2, 0.25) is 0 Å². The van der Waals surface area contributed by atoms with E-state index in [0.29, 0.717) is 31.7 Å². The third-order valence-corrected chi connectivity index (χ3v) is 7.13. The van der Waals surface area contributed by atoms with Crippen molar-refractivity contribution in [3.8, 4) is 0 Å². The number of benzene rings is 2. The van der Waals surface area contributed by atoms with Crippen LogP contribution in [0.1, 0.15) is 48.3 Å². The molecule has 9 heteroatoms. The minimum atomic E-state index is -0.754. The molecule has 1 aliphatic heterocycles. The topological polar surface area (TPSA) is 90.2 Å². The fraction of sp³-hybridized carbons (Fsp3) is 0.310. The van der Waals surface area contributed by atoms with Crippen LogP contribution < -0.4 is 19.8 Å². The lowest BCUT2D eigenvalue weighted by Gasteiger charge is -2.25. The van der Waals surface area contributed by atoms with Crippen LogP contribution >= 0.6 is 11.3 Å². The van der Waals surface area contributed by atoms with Gasteiger partial charge in [0.1, 0.15) is 0 Å². The molecular formula is C29H31N3O5S. The number of fused-ring (bicyclic) bond motifs is 1. The normalized spacial score (nSPS) is 15.2. The Morgan fingerprint density at radius 2 is 1.74 bits per heavy atom. The van der Waals surface area contributed by atoms with E-state index in [9.17, 15) is 14.4 Å². The number of aromatic nitrogens is 1. The van der Waals surface area contributed by atoms with E-state index in [-0.39, 0.29) is 18.1 Å². The first-order valence-corrected chi connectivity index (χ1v) is 13.1. The first kappa shape index (κ1) is 27.1. The molecule has 198 valence electrons. The van der Waals surface area contributed by atoms with Crippen molar-refractivity contribution >= 4 is 35.0 Å². The monoisotopic (exact) mass is 533 g/mol. The van der Waals surface area contributed by atoms with Gasteiger partial charge in [-0.2, -0.15) is 0 Å². The third kappa shape index (κ3) is 5.47. The summed E-state index contributed by atoms with van der Waals surface area (Å²) in [6, 6.07) is 13.8. The van der Waals surface area contributed by atoms with Gasteiger partial charge in [-0.05, 0) is 54.3 Å². The van der Waals surface area contributed by atoms with Crippen molar-refractivity contribution in [2.24, 2.45) is 10.9 Å². The Morgan fingerprint density at radius 1 is 1.08 bits per heavy atom. The fourth-order valence-corrected chi connectivity index (χ4v) is 5.20. The number of hydrogen-bond donors (Lipinski definition) is 0. The summed E-state index contributed by atoms with van der Waals surface area (Å²) in [5.74, 6) is -0.836. The third-order valence-electron chi connectivity index (χ3n) is 6.14. The zero-order chi connectivity index (χ0) is 27.6. The van der Waals surface area contributed by atoms with Crippen LogP contribution in [0.3, 0.4) is 0 Å². The van der Waals surface area contributed by atoms with E-state index >= 15 is 0 Å². The van der Waals surface area contributed by atoms with Gasteiger partial charge in [0.05, 0.1) is 41.1 Å². The highest BCUT2D eigenvalue weighted by molar-refractivity contribution is 7.07. The number of methoxy groups -OCH3 is 1. The van der Waals surface area contributed by atoms with Crippen molar-refractivity contribution < 1.29 is 19.1 Å². The molecule has 0 saturated carbocycles. The lowest BCUT2D eigenvalue weighted by molar-refractivity contribution is -0.140. The number of allylic oxidation sites excluding steroid dienone is 1. The molecule has 0 spiro atoms. The molecule has 0 saturated heterocycles. The second-order valence-corrected chi connectivity index (χ2v) is 10.7. The number of hydrogen-bond acceptors (Lipinski definition) is 8. The van der Waals surface area contributed by atoms with Crippen molar-refractivity contribution in [3.63, 3.8) is 0 Å². The summed E-state index contributed by atoms with van der Waals surface area (Å²) in [5, 5.41) is 0. The van der Waals surface area contributed by atoms with Crippen molar-refractivity contribution in [1.82, 2.24) is 4.57 Å². The molecule has 1 unspecified atom stereocenters. The standard InChI is InChI=1S/C29H31N3O5S/c1-17(2)16-37-28(35)24-18(3)30-29-32(25(24)20-9-11-21(12-10-20)27(34)36-6)26(33)23(38-29)15-19-7-13-22(14-8-19)31(4)5/h7-15,17,25H,16H2,1-6H3. The molecule has 2 heterocycles. The van der Waals surface area contributed by atoms with Crippen molar-refractivity contribution in [2.45, 2.75) is 26.8 Å². The molecule has 0 bridgehead atoms. The predicted octanol–water partition coefficient (Wildman–Crippen LogP) is 3.29. The molecule has 4 rings (SSSR count). The van der Waals surface area contributed by atoms with Crippen LogP contribution in [0.2, 0.25) is 0 Å². The summed E-state index contributed by atoms with van der Waals surface area (Å²) < 4.78 is 12.4. The average molecular weight is 534 g/mol. The molecule has 0 N–H and O–H groups in total. The largest absolute Gasteiger partial charge is 0.465 e. The first-order valence-electron chi connectivity index (χ1n) is 12.3. The maximum Gasteiger partial charge on any atom is 0.338 e. The summed E-state index contributed by atoms with van der Waals surface area (Å²) in [6.45, 7) is 5.91. The molecule has 0 radical (unpaired) electrons. The molecule has 1 atom stereocenters. The quantitative estimate of drug-likeness (QED) is 0.433. The smallest absolute Gasteiger partial charge is 0.338 e.